The summed E-state index contributed by atoms with van der Waals surface area (Å²) in [5.74, 6) is -0.286. The number of nitrogens with zero attached hydrogens (tertiary/aromatic N) is 2. The van der Waals surface area contributed by atoms with Crippen LogP contribution in [0.1, 0.15) is 19.8 Å². The summed E-state index contributed by atoms with van der Waals surface area (Å²) in [6.45, 7) is -0.0195. The minimum absolute atomic E-state index is 0.0114. The number of anilines is 2. The second kappa shape index (κ2) is 10.5. The summed E-state index contributed by atoms with van der Waals surface area (Å²) in [5.41, 5.74) is 0.390. The summed E-state index contributed by atoms with van der Waals surface area (Å²) in [6.07, 6.45) is 2.14. The molecule has 0 aliphatic heterocycles. The Morgan fingerprint density at radius 2 is 2.23 bits per heavy atom. The van der Waals surface area contributed by atoms with Crippen LogP contribution in [-0.2, 0) is 4.79 Å². The van der Waals surface area contributed by atoms with E-state index in [1.807, 2.05) is 0 Å². The maximum absolute atomic E-state index is 12.2. The summed E-state index contributed by atoms with van der Waals surface area (Å²) >= 11 is 8.49. The first-order valence-corrected chi connectivity index (χ1v) is 9.90. The summed E-state index contributed by atoms with van der Waals surface area (Å²) < 4.78 is 29.3. The standard InChI is InChI=1S/C15H17ClF2N4O2S2/c1-2-3-6-19-14-21-22-15(26-14)25-8-12(23)20-9-4-5-11(10(16)7-9)24-13(17)18/h4-5,7,13H,2-3,6,8H2,1H3,(H,19,21)(H,20,23). The highest BCUT2D eigenvalue weighted by Gasteiger charge is 2.11. The van der Waals surface area contributed by atoms with Gasteiger partial charge in [-0.05, 0) is 24.6 Å². The first kappa shape index (κ1) is 20.7. The summed E-state index contributed by atoms with van der Waals surface area (Å²) in [7, 11) is 0. The van der Waals surface area contributed by atoms with Gasteiger partial charge in [0.25, 0.3) is 0 Å². The van der Waals surface area contributed by atoms with Gasteiger partial charge < -0.3 is 15.4 Å². The number of hydrogen-bond donors (Lipinski definition) is 2. The fraction of sp³-hybridized carbons (Fsp3) is 0.400. The van der Waals surface area contributed by atoms with Crippen LogP contribution in [0, 0.1) is 0 Å². The number of benzene rings is 1. The second-order valence-corrected chi connectivity index (χ2v) is 7.62. The van der Waals surface area contributed by atoms with E-state index in [1.165, 1.54) is 41.3 Å². The number of alkyl halides is 2. The van der Waals surface area contributed by atoms with Gasteiger partial charge in [0.05, 0.1) is 10.8 Å². The topological polar surface area (TPSA) is 76.1 Å². The zero-order valence-corrected chi connectivity index (χ0v) is 16.2. The van der Waals surface area contributed by atoms with Crippen molar-refractivity contribution in [2.75, 3.05) is 22.9 Å². The van der Waals surface area contributed by atoms with Crippen LogP contribution >= 0.6 is 34.7 Å². The van der Waals surface area contributed by atoms with Crippen LogP contribution in [0.2, 0.25) is 5.02 Å². The Hall–Kier alpha value is -1.65. The average Bonchev–Trinajstić information content (AvgIpc) is 3.03. The fourth-order valence-corrected chi connectivity index (χ4v) is 3.61. The third-order valence-corrected chi connectivity index (χ3v) is 5.28. The van der Waals surface area contributed by atoms with Crippen LogP contribution in [0.25, 0.3) is 0 Å². The van der Waals surface area contributed by atoms with Crippen molar-refractivity contribution in [3.8, 4) is 5.75 Å². The molecule has 1 aromatic heterocycles. The number of carbonyl (C=O) groups is 1. The van der Waals surface area contributed by atoms with Crippen molar-refractivity contribution >= 4 is 51.4 Å². The van der Waals surface area contributed by atoms with Gasteiger partial charge in [-0.15, -0.1) is 10.2 Å². The molecule has 0 saturated carbocycles. The summed E-state index contributed by atoms with van der Waals surface area (Å²) in [4.78, 5) is 12.0. The van der Waals surface area contributed by atoms with Crippen molar-refractivity contribution in [3.63, 3.8) is 0 Å². The summed E-state index contributed by atoms with van der Waals surface area (Å²) in [6, 6.07) is 4.06. The molecule has 1 heterocycles. The van der Waals surface area contributed by atoms with Gasteiger partial charge in [0.1, 0.15) is 5.75 Å². The van der Waals surface area contributed by atoms with E-state index >= 15 is 0 Å². The van der Waals surface area contributed by atoms with Crippen LogP contribution in [0.5, 0.6) is 5.75 Å². The van der Waals surface area contributed by atoms with Crippen molar-refractivity contribution in [3.05, 3.63) is 23.2 Å². The van der Waals surface area contributed by atoms with Crippen molar-refractivity contribution in [1.82, 2.24) is 10.2 Å². The molecule has 2 rings (SSSR count). The first-order chi connectivity index (χ1) is 12.5. The van der Waals surface area contributed by atoms with E-state index in [0.717, 1.165) is 24.5 Å². The molecule has 1 aromatic carbocycles. The number of halogens is 3. The lowest BCUT2D eigenvalue weighted by Crippen LogP contribution is -2.14. The van der Waals surface area contributed by atoms with Crippen LogP contribution in [-0.4, -0.2) is 35.0 Å². The molecule has 0 fully saturated rings. The molecule has 0 aliphatic rings. The van der Waals surface area contributed by atoms with Crippen LogP contribution < -0.4 is 15.4 Å². The van der Waals surface area contributed by atoms with E-state index in [0.29, 0.717) is 10.0 Å². The Balaban J connectivity index is 1.81. The van der Waals surface area contributed by atoms with Gasteiger partial charge in [-0.2, -0.15) is 8.78 Å². The Morgan fingerprint density at radius 3 is 2.92 bits per heavy atom. The van der Waals surface area contributed by atoms with E-state index in [1.54, 1.807) is 0 Å². The van der Waals surface area contributed by atoms with Gasteiger partial charge in [0, 0.05) is 12.2 Å². The number of hydrogen-bond acceptors (Lipinski definition) is 7. The molecular weight excluding hydrogens is 406 g/mol. The Kier molecular flexibility index (Phi) is 8.33. The average molecular weight is 423 g/mol. The third kappa shape index (κ3) is 6.93. The highest BCUT2D eigenvalue weighted by molar-refractivity contribution is 8.01. The number of nitrogens with one attached hydrogen (secondary N) is 2. The van der Waals surface area contributed by atoms with Gasteiger partial charge in [-0.25, -0.2) is 0 Å². The second-order valence-electron chi connectivity index (χ2n) is 5.01. The number of aromatic nitrogens is 2. The quantitative estimate of drug-likeness (QED) is 0.425. The number of rotatable bonds is 10. The maximum Gasteiger partial charge on any atom is 0.387 e. The molecule has 2 aromatic rings. The molecular formula is C15H17ClF2N4O2S2. The smallest absolute Gasteiger partial charge is 0.387 e. The normalized spacial score (nSPS) is 10.8. The lowest BCUT2D eigenvalue weighted by atomic mass is 10.3. The minimum atomic E-state index is -2.96. The van der Waals surface area contributed by atoms with E-state index in [-0.39, 0.29) is 22.4 Å². The van der Waals surface area contributed by atoms with Gasteiger partial charge in [0.2, 0.25) is 11.0 Å². The monoisotopic (exact) mass is 422 g/mol. The molecule has 26 heavy (non-hydrogen) atoms. The fourth-order valence-electron chi connectivity index (χ4n) is 1.81. The minimum Gasteiger partial charge on any atom is -0.433 e. The Morgan fingerprint density at radius 1 is 1.42 bits per heavy atom. The number of thioether (sulfide) groups is 1. The molecule has 2 N–H and O–H groups in total. The van der Waals surface area contributed by atoms with Crippen LogP contribution in [0.4, 0.5) is 19.6 Å². The van der Waals surface area contributed by atoms with E-state index in [4.69, 9.17) is 11.6 Å². The van der Waals surface area contributed by atoms with Gasteiger partial charge in [-0.3, -0.25) is 4.79 Å². The highest BCUT2D eigenvalue weighted by atomic mass is 35.5. The molecule has 1 amide bonds. The van der Waals surface area contributed by atoms with E-state index in [2.05, 4.69) is 32.5 Å². The van der Waals surface area contributed by atoms with Gasteiger partial charge >= 0.3 is 6.61 Å². The zero-order chi connectivity index (χ0) is 18.9. The first-order valence-electron chi connectivity index (χ1n) is 7.72. The van der Waals surface area contributed by atoms with E-state index < -0.39 is 6.61 Å². The molecule has 0 atom stereocenters. The SMILES string of the molecule is CCCCNc1nnc(SCC(=O)Nc2ccc(OC(F)F)c(Cl)c2)s1. The van der Waals surface area contributed by atoms with Crippen molar-refractivity contribution in [1.29, 1.82) is 0 Å². The van der Waals surface area contributed by atoms with Crippen LogP contribution in [0.3, 0.4) is 0 Å². The molecule has 0 radical (unpaired) electrons. The molecule has 0 unspecified atom stereocenters. The van der Waals surface area contributed by atoms with Crippen molar-refractivity contribution < 1.29 is 18.3 Å². The molecule has 0 aliphatic carbocycles. The number of carbonyl (C=O) groups excluding carboxylic acids is 1. The summed E-state index contributed by atoms with van der Waals surface area (Å²) in [5, 5.41) is 14.5. The zero-order valence-electron chi connectivity index (χ0n) is 13.8. The lowest BCUT2D eigenvalue weighted by Gasteiger charge is -2.09. The molecule has 11 heteroatoms. The predicted octanol–water partition coefficient (Wildman–Crippen LogP) is 4.74. The van der Waals surface area contributed by atoms with Crippen molar-refractivity contribution in [2.24, 2.45) is 0 Å². The van der Waals surface area contributed by atoms with Gasteiger partial charge in [-0.1, -0.05) is 48.0 Å². The van der Waals surface area contributed by atoms with Crippen LogP contribution in [0.15, 0.2) is 22.5 Å². The van der Waals surface area contributed by atoms with Gasteiger partial charge in [0.15, 0.2) is 4.34 Å². The van der Waals surface area contributed by atoms with Crippen molar-refractivity contribution in [2.45, 2.75) is 30.7 Å². The molecule has 0 spiro atoms. The predicted molar refractivity (Wildman–Crippen MR) is 101 cm³/mol. The molecule has 6 nitrogen and oxygen atoms in total. The third-order valence-electron chi connectivity index (χ3n) is 2.97. The lowest BCUT2D eigenvalue weighted by molar-refractivity contribution is -0.113. The number of ether oxygens (including phenoxy) is 1. The maximum atomic E-state index is 12.2. The highest BCUT2D eigenvalue weighted by Crippen LogP contribution is 2.29. The number of unbranched alkanes of at least 4 members (excludes halogenated alkanes) is 1. The Labute approximate surface area is 162 Å². The largest absolute Gasteiger partial charge is 0.433 e. The Bertz CT molecular complexity index is 733. The molecule has 0 bridgehead atoms. The molecule has 142 valence electrons. The molecule has 0 saturated heterocycles. The van der Waals surface area contributed by atoms with E-state index in [9.17, 15) is 13.6 Å². The number of amides is 1.